The lowest BCUT2D eigenvalue weighted by Crippen LogP contribution is -2.05. The Balaban J connectivity index is 1.83. The van der Waals surface area contributed by atoms with E-state index in [1.807, 2.05) is 18.2 Å². The number of para-hydroxylation sites is 1. The molecule has 96 valence electrons. The number of rotatable bonds is 3. The van der Waals surface area contributed by atoms with E-state index in [2.05, 4.69) is 55.6 Å². The molecule has 2 nitrogen and oxygen atoms in total. The second kappa shape index (κ2) is 4.81. The molecule has 1 unspecified atom stereocenters. The smallest absolute Gasteiger partial charge is 0.134 e. The fourth-order valence-corrected chi connectivity index (χ4v) is 2.19. The molecule has 0 aliphatic heterocycles. The van der Waals surface area contributed by atoms with Crippen molar-refractivity contribution in [1.29, 1.82) is 0 Å². The lowest BCUT2D eigenvalue weighted by atomic mass is 10.2. The predicted molar refractivity (Wildman–Crippen MR) is 79.4 cm³/mol. The van der Waals surface area contributed by atoms with Crippen LogP contribution in [0.25, 0.3) is 11.0 Å². The van der Waals surface area contributed by atoms with E-state index in [9.17, 15) is 0 Å². The highest BCUT2D eigenvalue weighted by Gasteiger charge is 2.10. The second-order valence-corrected chi connectivity index (χ2v) is 4.92. The van der Waals surface area contributed by atoms with E-state index in [1.54, 1.807) is 0 Å². The van der Waals surface area contributed by atoms with Gasteiger partial charge in [0.1, 0.15) is 11.3 Å². The van der Waals surface area contributed by atoms with Gasteiger partial charge in [-0.25, -0.2) is 0 Å². The van der Waals surface area contributed by atoms with E-state index in [0.717, 1.165) is 22.4 Å². The number of fused-ring (bicyclic) bond motifs is 1. The fraction of sp³-hybridized carbons (Fsp3) is 0.176. The van der Waals surface area contributed by atoms with Crippen molar-refractivity contribution < 1.29 is 4.42 Å². The molecule has 3 aromatic rings. The zero-order chi connectivity index (χ0) is 13.2. The molecule has 3 rings (SSSR count). The Labute approximate surface area is 113 Å². The Morgan fingerprint density at radius 3 is 2.47 bits per heavy atom. The van der Waals surface area contributed by atoms with Gasteiger partial charge in [-0.15, -0.1) is 0 Å². The SMILES string of the molecule is Cc1ccc(NC(C)c2cc3ccccc3o2)cc1. The maximum Gasteiger partial charge on any atom is 0.134 e. The van der Waals surface area contributed by atoms with E-state index >= 15 is 0 Å². The summed E-state index contributed by atoms with van der Waals surface area (Å²) in [5.41, 5.74) is 3.32. The van der Waals surface area contributed by atoms with Crippen LogP contribution in [0, 0.1) is 6.92 Å². The van der Waals surface area contributed by atoms with E-state index in [1.165, 1.54) is 5.56 Å². The highest BCUT2D eigenvalue weighted by Crippen LogP contribution is 2.26. The van der Waals surface area contributed by atoms with Crippen molar-refractivity contribution in [3.8, 4) is 0 Å². The summed E-state index contributed by atoms with van der Waals surface area (Å²) >= 11 is 0. The number of hydrogen-bond acceptors (Lipinski definition) is 2. The van der Waals surface area contributed by atoms with E-state index in [-0.39, 0.29) is 6.04 Å². The average Bonchev–Trinajstić information content (AvgIpc) is 2.85. The lowest BCUT2D eigenvalue weighted by Gasteiger charge is -2.12. The zero-order valence-electron chi connectivity index (χ0n) is 11.2. The van der Waals surface area contributed by atoms with Crippen LogP contribution >= 0.6 is 0 Å². The largest absolute Gasteiger partial charge is 0.459 e. The summed E-state index contributed by atoms with van der Waals surface area (Å²) in [6.07, 6.45) is 0. The molecular formula is C17H17NO. The topological polar surface area (TPSA) is 25.2 Å². The van der Waals surface area contributed by atoms with Gasteiger partial charge in [-0.05, 0) is 38.1 Å². The number of anilines is 1. The molecule has 0 spiro atoms. The summed E-state index contributed by atoms with van der Waals surface area (Å²) in [6, 6.07) is 18.7. The molecule has 0 fully saturated rings. The summed E-state index contributed by atoms with van der Waals surface area (Å²) in [4.78, 5) is 0. The summed E-state index contributed by atoms with van der Waals surface area (Å²) in [6.45, 7) is 4.20. The van der Waals surface area contributed by atoms with Crippen molar-refractivity contribution in [1.82, 2.24) is 0 Å². The van der Waals surface area contributed by atoms with Gasteiger partial charge in [0.2, 0.25) is 0 Å². The Morgan fingerprint density at radius 2 is 1.74 bits per heavy atom. The first-order valence-electron chi connectivity index (χ1n) is 6.54. The van der Waals surface area contributed by atoms with Crippen molar-refractivity contribution in [3.63, 3.8) is 0 Å². The van der Waals surface area contributed by atoms with Gasteiger partial charge in [0, 0.05) is 11.1 Å². The summed E-state index contributed by atoms with van der Waals surface area (Å²) in [5.74, 6) is 0.960. The molecule has 19 heavy (non-hydrogen) atoms. The molecular weight excluding hydrogens is 234 g/mol. The number of nitrogens with one attached hydrogen (secondary N) is 1. The van der Waals surface area contributed by atoms with Gasteiger partial charge >= 0.3 is 0 Å². The highest BCUT2D eigenvalue weighted by molar-refractivity contribution is 5.77. The van der Waals surface area contributed by atoms with Gasteiger partial charge in [-0.2, -0.15) is 0 Å². The number of hydrogen-bond donors (Lipinski definition) is 1. The molecule has 0 bridgehead atoms. The predicted octanol–water partition coefficient (Wildman–Crippen LogP) is 4.91. The van der Waals surface area contributed by atoms with E-state index in [0.29, 0.717) is 0 Å². The minimum atomic E-state index is 0.148. The van der Waals surface area contributed by atoms with Crippen LogP contribution in [0.2, 0.25) is 0 Å². The number of aryl methyl sites for hydroxylation is 1. The molecule has 2 heteroatoms. The molecule has 1 heterocycles. The van der Waals surface area contributed by atoms with E-state index in [4.69, 9.17) is 4.42 Å². The standard InChI is InChI=1S/C17H17NO/c1-12-7-9-15(10-8-12)18-13(2)17-11-14-5-3-4-6-16(14)19-17/h3-11,13,18H,1-2H3. The van der Waals surface area contributed by atoms with Crippen molar-refractivity contribution >= 4 is 16.7 Å². The van der Waals surface area contributed by atoms with Gasteiger partial charge in [0.05, 0.1) is 6.04 Å². The molecule has 0 aliphatic rings. The molecule has 2 aromatic carbocycles. The van der Waals surface area contributed by atoms with Crippen LogP contribution in [0.5, 0.6) is 0 Å². The molecule has 0 saturated carbocycles. The van der Waals surface area contributed by atoms with Gasteiger partial charge in [0.25, 0.3) is 0 Å². The maximum absolute atomic E-state index is 5.86. The quantitative estimate of drug-likeness (QED) is 0.715. The molecule has 1 atom stereocenters. The van der Waals surface area contributed by atoms with Gasteiger partial charge in [0.15, 0.2) is 0 Å². The van der Waals surface area contributed by atoms with Gasteiger partial charge < -0.3 is 9.73 Å². The molecule has 0 saturated heterocycles. The van der Waals surface area contributed by atoms with Crippen LogP contribution in [0.1, 0.15) is 24.3 Å². The summed E-state index contributed by atoms with van der Waals surface area (Å²) in [5, 5.41) is 4.60. The Hall–Kier alpha value is -2.22. The van der Waals surface area contributed by atoms with Crippen molar-refractivity contribution in [2.24, 2.45) is 0 Å². The van der Waals surface area contributed by atoms with Crippen LogP contribution in [-0.4, -0.2) is 0 Å². The monoisotopic (exact) mass is 251 g/mol. The Morgan fingerprint density at radius 1 is 1.00 bits per heavy atom. The highest BCUT2D eigenvalue weighted by atomic mass is 16.3. The Bertz CT molecular complexity index is 649. The van der Waals surface area contributed by atoms with Crippen LogP contribution in [0.4, 0.5) is 5.69 Å². The first-order valence-corrected chi connectivity index (χ1v) is 6.54. The lowest BCUT2D eigenvalue weighted by molar-refractivity contribution is 0.526. The van der Waals surface area contributed by atoms with Crippen molar-refractivity contribution in [2.75, 3.05) is 5.32 Å². The summed E-state index contributed by atoms with van der Waals surface area (Å²) < 4.78 is 5.86. The third-order valence-electron chi connectivity index (χ3n) is 3.31. The molecule has 1 aromatic heterocycles. The third kappa shape index (κ3) is 2.48. The Kier molecular flexibility index (Phi) is 3.00. The van der Waals surface area contributed by atoms with Gasteiger partial charge in [-0.1, -0.05) is 35.9 Å². The first kappa shape index (κ1) is 11.8. The van der Waals surface area contributed by atoms with Crippen LogP contribution in [-0.2, 0) is 0 Å². The molecule has 0 amide bonds. The van der Waals surface area contributed by atoms with Crippen molar-refractivity contribution in [3.05, 3.63) is 65.9 Å². The zero-order valence-corrected chi connectivity index (χ0v) is 11.2. The number of benzene rings is 2. The van der Waals surface area contributed by atoms with E-state index < -0.39 is 0 Å². The molecule has 0 radical (unpaired) electrons. The maximum atomic E-state index is 5.86. The molecule has 1 N–H and O–H groups in total. The minimum Gasteiger partial charge on any atom is -0.459 e. The first-order chi connectivity index (χ1) is 9.22. The second-order valence-electron chi connectivity index (χ2n) is 4.92. The normalized spacial score (nSPS) is 12.5. The minimum absolute atomic E-state index is 0.148. The number of furan rings is 1. The fourth-order valence-electron chi connectivity index (χ4n) is 2.19. The molecule has 0 aliphatic carbocycles. The van der Waals surface area contributed by atoms with Crippen LogP contribution in [0.15, 0.2) is 59.0 Å². The third-order valence-corrected chi connectivity index (χ3v) is 3.31. The summed E-state index contributed by atoms with van der Waals surface area (Å²) in [7, 11) is 0. The van der Waals surface area contributed by atoms with Crippen LogP contribution in [0.3, 0.4) is 0 Å². The average molecular weight is 251 g/mol. The van der Waals surface area contributed by atoms with Gasteiger partial charge in [-0.3, -0.25) is 0 Å². The van der Waals surface area contributed by atoms with Crippen molar-refractivity contribution in [2.45, 2.75) is 19.9 Å². The van der Waals surface area contributed by atoms with Crippen LogP contribution < -0.4 is 5.32 Å².